The van der Waals surface area contributed by atoms with Gasteiger partial charge in [-0.3, -0.25) is 0 Å². The van der Waals surface area contributed by atoms with Crippen LogP contribution in [-0.4, -0.2) is 16.1 Å². The van der Waals surface area contributed by atoms with Gasteiger partial charge in [0.05, 0.1) is 5.56 Å². The predicted molar refractivity (Wildman–Crippen MR) is 59.3 cm³/mol. The van der Waals surface area contributed by atoms with Crippen LogP contribution in [0.3, 0.4) is 0 Å². The van der Waals surface area contributed by atoms with Crippen LogP contribution in [0.2, 0.25) is 0 Å². The van der Waals surface area contributed by atoms with E-state index in [9.17, 15) is 4.79 Å². The number of benzene rings is 1. The van der Waals surface area contributed by atoms with E-state index < -0.39 is 5.97 Å². The molecule has 0 aliphatic carbocycles. The number of rotatable bonds is 2. The fourth-order valence-electron chi connectivity index (χ4n) is 1.84. The van der Waals surface area contributed by atoms with Crippen LogP contribution in [0, 0.1) is 0 Å². The van der Waals surface area contributed by atoms with E-state index in [-0.39, 0.29) is 0 Å². The monoisotopic (exact) mass is 203 g/mol. The molecule has 15 heavy (non-hydrogen) atoms. The third kappa shape index (κ3) is 1.50. The van der Waals surface area contributed by atoms with E-state index in [1.807, 2.05) is 18.2 Å². The molecule has 3 nitrogen and oxygen atoms in total. The van der Waals surface area contributed by atoms with Crippen LogP contribution in [0.25, 0.3) is 10.9 Å². The predicted octanol–water partition coefficient (Wildman–Crippen LogP) is 2.99. The van der Waals surface area contributed by atoms with Crippen molar-refractivity contribution >= 4 is 16.9 Å². The summed E-state index contributed by atoms with van der Waals surface area (Å²) in [6.45, 7) is 4.19. The zero-order chi connectivity index (χ0) is 11.0. The van der Waals surface area contributed by atoms with Crippen LogP contribution in [-0.2, 0) is 0 Å². The van der Waals surface area contributed by atoms with Crippen molar-refractivity contribution in [2.75, 3.05) is 0 Å². The standard InChI is InChI=1S/C12H13NO2/c1-7(2)8-4-3-5-9-10(12(14)15)6-13-11(8)9/h3-7,13H,1-2H3,(H,14,15). The van der Waals surface area contributed by atoms with Crippen molar-refractivity contribution in [3.05, 3.63) is 35.5 Å². The molecule has 0 atom stereocenters. The summed E-state index contributed by atoms with van der Waals surface area (Å²) in [6, 6.07) is 5.76. The van der Waals surface area contributed by atoms with Crippen LogP contribution in [0.4, 0.5) is 0 Å². The molecule has 0 saturated heterocycles. The van der Waals surface area contributed by atoms with E-state index in [0.717, 1.165) is 16.5 Å². The number of carboxylic acid groups (broad SMARTS) is 1. The van der Waals surface area contributed by atoms with Gasteiger partial charge in [-0.25, -0.2) is 4.79 Å². The van der Waals surface area contributed by atoms with E-state index in [2.05, 4.69) is 18.8 Å². The minimum atomic E-state index is -0.887. The molecule has 3 heteroatoms. The Morgan fingerprint density at radius 2 is 2.13 bits per heavy atom. The molecule has 0 radical (unpaired) electrons. The third-order valence-corrected chi connectivity index (χ3v) is 2.60. The molecular formula is C12H13NO2. The molecule has 0 bridgehead atoms. The van der Waals surface area contributed by atoms with Crippen molar-refractivity contribution < 1.29 is 9.90 Å². The second-order valence-electron chi connectivity index (χ2n) is 3.93. The minimum absolute atomic E-state index is 0.340. The quantitative estimate of drug-likeness (QED) is 0.788. The van der Waals surface area contributed by atoms with Crippen LogP contribution >= 0.6 is 0 Å². The summed E-state index contributed by atoms with van der Waals surface area (Å²) >= 11 is 0. The van der Waals surface area contributed by atoms with Crippen molar-refractivity contribution in [1.29, 1.82) is 0 Å². The van der Waals surface area contributed by atoms with E-state index >= 15 is 0 Å². The maximum atomic E-state index is 10.9. The Labute approximate surface area is 87.7 Å². The van der Waals surface area contributed by atoms with Crippen LogP contribution in [0.5, 0.6) is 0 Å². The molecule has 1 heterocycles. The number of aromatic nitrogens is 1. The maximum Gasteiger partial charge on any atom is 0.337 e. The third-order valence-electron chi connectivity index (χ3n) is 2.60. The second-order valence-corrected chi connectivity index (χ2v) is 3.93. The first-order valence-electron chi connectivity index (χ1n) is 4.94. The van der Waals surface area contributed by atoms with Gasteiger partial charge in [-0.2, -0.15) is 0 Å². The van der Waals surface area contributed by atoms with Crippen molar-refractivity contribution in [2.24, 2.45) is 0 Å². The van der Waals surface area contributed by atoms with Crippen molar-refractivity contribution in [3.8, 4) is 0 Å². The van der Waals surface area contributed by atoms with E-state index in [1.54, 1.807) is 6.20 Å². The summed E-state index contributed by atoms with van der Waals surface area (Å²) in [7, 11) is 0. The zero-order valence-corrected chi connectivity index (χ0v) is 8.74. The Balaban J connectivity index is 2.74. The average molecular weight is 203 g/mol. The molecule has 2 rings (SSSR count). The minimum Gasteiger partial charge on any atom is -0.478 e. The Hall–Kier alpha value is -1.77. The Morgan fingerprint density at radius 1 is 1.40 bits per heavy atom. The molecule has 0 saturated carbocycles. The van der Waals surface area contributed by atoms with E-state index in [1.165, 1.54) is 0 Å². The second kappa shape index (κ2) is 3.42. The topological polar surface area (TPSA) is 53.1 Å². The normalized spacial score (nSPS) is 11.1. The first kappa shape index (κ1) is 9.77. The molecule has 1 aromatic heterocycles. The van der Waals surface area contributed by atoms with Crippen LogP contribution in [0.15, 0.2) is 24.4 Å². The number of nitrogens with one attached hydrogen (secondary N) is 1. The lowest BCUT2D eigenvalue weighted by Gasteiger charge is -2.06. The first-order chi connectivity index (χ1) is 7.11. The van der Waals surface area contributed by atoms with Crippen LogP contribution in [0.1, 0.15) is 35.7 Å². The summed E-state index contributed by atoms with van der Waals surface area (Å²) in [6.07, 6.45) is 1.55. The van der Waals surface area contributed by atoms with E-state index in [0.29, 0.717) is 11.5 Å². The van der Waals surface area contributed by atoms with Crippen LogP contribution < -0.4 is 0 Å². The van der Waals surface area contributed by atoms with E-state index in [4.69, 9.17) is 5.11 Å². The molecule has 0 fully saturated rings. The lowest BCUT2D eigenvalue weighted by Crippen LogP contribution is -1.94. The van der Waals surface area contributed by atoms with Gasteiger partial charge >= 0.3 is 5.97 Å². The fourth-order valence-corrected chi connectivity index (χ4v) is 1.84. The van der Waals surface area contributed by atoms with Gasteiger partial charge in [-0.1, -0.05) is 32.0 Å². The molecule has 2 N–H and O–H groups in total. The number of hydrogen-bond acceptors (Lipinski definition) is 1. The number of para-hydroxylation sites is 1. The lowest BCUT2D eigenvalue weighted by atomic mass is 10.00. The number of aromatic carboxylic acids is 1. The molecule has 0 aliphatic rings. The zero-order valence-electron chi connectivity index (χ0n) is 8.74. The van der Waals surface area contributed by atoms with Gasteiger partial charge in [0, 0.05) is 17.1 Å². The Morgan fingerprint density at radius 3 is 2.73 bits per heavy atom. The SMILES string of the molecule is CC(C)c1cccc2c(C(=O)O)c[nH]c12. The van der Waals surface area contributed by atoms with Gasteiger partial charge in [0.15, 0.2) is 0 Å². The fraction of sp³-hybridized carbons (Fsp3) is 0.250. The highest BCUT2D eigenvalue weighted by atomic mass is 16.4. The highest BCUT2D eigenvalue weighted by Crippen LogP contribution is 2.26. The Bertz CT molecular complexity index is 511. The number of hydrogen-bond donors (Lipinski definition) is 2. The smallest absolute Gasteiger partial charge is 0.337 e. The summed E-state index contributed by atoms with van der Waals surface area (Å²) in [5.41, 5.74) is 2.43. The highest BCUT2D eigenvalue weighted by Gasteiger charge is 2.13. The average Bonchev–Trinajstić information content (AvgIpc) is 2.59. The van der Waals surface area contributed by atoms with Gasteiger partial charge in [0.25, 0.3) is 0 Å². The molecule has 0 aliphatic heterocycles. The largest absolute Gasteiger partial charge is 0.478 e. The number of H-pyrrole nitrogens is 1. The van der Waals surface area contributed by atoms with Crippen molar-refractivity contribution in [1.82, 2.24) is 4.98 Å². The number of fused-ring (bicyclic) bond motifs is 1. The van der Waals surface area contributed by atoms with Gasteiger partial charge in [-0.15, -0.1) is 0 Å². The molecular weight excluding hydrogens is 190 g/mol. The van der Waals surface area contributed by atoms with Crippen molar-refractivity contribution in [2.45, 2.75) is 19.8 Å². The number of aromatic amines is 1. The molecule has 2 aromatic rings. The summed E-state index contributed by atoms with van der Waals surface area (Å²) in [5, 5.41) is 9.77. The summed E-state index contributed by atoms with van der Waals surface area (Å²) in [4.78, 5) is 14.0. The van der Waals surface area contributed by atoms with Crippen molar-refractivity contribution in [3.63, 3.8) is 0 Å². The first-order valence-corrected chi connectivity index (χ1v) is 4.94. The van der Waals surface area contributed by atoms with Gasteiger partial charge in [0.2, 0.25) is 0 Å². The maximum absolute atomic E-state index is 10.9. The highest BCUT2D eigenvalue weighted by molar-refractivity contribution is 6.04. The number of carbonyl (C=O) groups is 1. The Kier molecular flexibility index (Phi) is 2.23. The van der Waals surface area contributed by atoms with Gasteiger partial charge in [0.1, 0.15) is 0 Å². The lowest BCUT2D eigenvalue weighted by molar-refractivity contribution is 0.0699. The molecule has 0 spiro atoms. The molecule has 0 unspecified atom stereocenters. The molecule has 0 amide bonds. The summed E-state index contributed by atoms with van der Waals surface area (Å²) < 4.78 is 0. The number of carboxylic acids is 1. The van der Waals surface area contributed by atoms with Gasteiger partial charge < -0.3 is 10.1 Å². The molecule has 1 aromatic carbocycles. The summed E-state index contributed by atoms with van der Waals surface area (Å²) in [5.74, 6) is -0.504. The molecule has 78 valence electrons. The van der Waals surface area contributed by atoms with Gasteiger partial charge in [-0.05, 0) is 11.5 Å².